The molecule has 1 aliphatic rings. The van der Waals surface area contributed by atoms with Gasteiger partial charge in [0.25, 0.3) is 5.91 Å². The number of fused-ring (bicyclic) bond motifs is 1. The van der Waals surface area contributed by atoms with Crippen molar-refractivity contribution < 1.29 is 13.9 Å². The molecular formula is C25H28FN3O2. The van der Waals surface area contributed by atoms with E-state index < -0.39 is 0 Å². The van der Waals surface area contributed by atoms with E-state index in [1.54, 1.807) is 12.3 Å². The summed E-state index contributed by atoms with van der Waals surface area (Å²) in [4.78, 5) is 19.5. The number of amides is 1. The lowest BCUT2D eigenvalue weighted by Gasteiger charge is -2.27. The van der Waals surface area contributed by atoms with Gasteiger partial charge in [0.05, 0.1) is 23.4 Å². The maximum Gasteiger partial charge on any atom is 0.257 e. The van der Waals surface area contributed by atoms with E-state index in [0.29, 0.717) is 35.3 Å². The molecule has 0 spiro atoms. The van der Waals surface area contributed by atoms with Crippen LogP contribution in [0.4, 0.5) is 10.1 Å². The Balaban J connectivity index is 1.62. The highest BCUT2D eigenvalue weighted by molar-refractivity contribution is 6.07. The van der Waals surface area contributed by atoms with Crippen LogP contribution in [0.5, 0.6) is 5.75 Å². The summed E-state index contributed by atoms with van der Waals surface area (Å²) in [5, 5.41) is 4.00. The molecule has 6 heteroatoms. The summed E-state index contributed by atoms with van der Waals surface area (Å²) in [6, 6.07) is 12.3. The van der Waals surface area contributed by atoms with Gasteiger partial charge in [0.15, 0.2) is 0 Å². The summed E-state index contributed by atoms with van der Waals surface area (Å²) in [6.07, 6.45) is 5.74. The number of ether oxygens (including phenoxy) is 1. The average Bonchev–Trinajstić information content (AvgIpc) is 2.82. The quantitative estimate of drug-likeness (QED) is 0.555. The predicted octanol–water partition coefficient (Wildman–Crippen LogP) is 5.40. The maximum absolute atomic E-state index is 14.0. The largest absolute Gasteiger partial charge is 0.494 e. The van der Waals surface area contributed by atoms with Gasteiger partial charge in [-0.15, -0.1) is 0 Å². The highest BCUT2D eigenvalue weighted by Crippen LogP contribution is 2.29. The summed E-state index contributed by atoms with van der Waals surface area (Å²) >= 11 is 0. The number of nitrogens with zero attached hydrogens (tertiary/aromatic N) is 2. The molecule has 2 aromatic carbocycles. The summed E-state index contributed by atoms with van der Waals surface area (Å²) in [6.45, 7) is 4.76. The van der Waals surface area contributed by atoms with Crippen molar-refractivity contribution in [2.45, 2.75) is 39.2 Å². The van der Waals surface area contributed by atoms with Crippen molar-refractivity contribution in [3.63, 3.8) is 0 Å². The van der Waals surface area contributed by atoms with Crippen LogP contribution in [0, 0.1) is 5.82 Å². The number of hydrogen-bond donors (Lipinski definition) is 1. The van der Waals surface area contributed by atoms with Crippen molar-refractivity contribution in [3.05, 3.63) is 65.6 Å². The maximum atomic E-state index is 14.0. The van der Waals surface area contributed by atoms with Crippen LogP contribution in [0.1, 0.15) is 48.5 Å². The molecule has 0 unspecified atom stereocenters. The average molecular weight is 422 g/mol. The SMILES string of the molecule is CCCOc1ccc(CNc2c(C(=O)N3CCCCC3)cnc3ccc(F)cc23)cc1. The molecule has 5 nitrogen and oxygen atoms in total. The first-order valence-electron chi connectivity index (χ1n) is 11.0. The standard InChI is InChI=1S/C25H28FN3O2/c1-2-14-31-20-9-6-18(7-10-20)16-28-24-21-15-19(26)8-11-23(21)27-17-22(24)25(30)29-12-4-3-5-13-29/h6-11,15,17H,2-5,12-14,16H2,1H3,(H,27,28). The van der Waals surface area contributed by atoms with Crippen molar-refractivity contribution in [1.82, 2.24) is 9.88 Å². The van der Waals surface area contributed by atoms with Crippen molar-refractivity contribution in [3.8, 4) is 5.75 Å². The van der Waals surface area contributed by atoms with Gasteiger partial charge in [-0.05, 0) is 61.6 Å². The molecule has 0 bridgehead atoms. The molecule has 1 saturated heterocycles. The number of halogens is 1. The number of benzene rings is 2. The Hall–Kier alpha value is -3.15. The lowest BCUT2D eigenvalue weighted by atomic mass is 10.1. The minimum atomic E-state index is -0.350. The summed E-state index contributed by atoms with van der Waals surface area (Å²) in [7, 11) is 0. The van der Waals surface area contributed by atoms with Crippen LogP contribution < -0.4 is 10.1 Å². The van der Waals surface area contributed by atoms with Gasteiger partial charge in [-0.1, -0.05) is 19.1 Å². The van der Waals surface area contributed by atoms with Crippen LogP contribution in [0.3, 0.4) is 0 Å². The second-order valence-corrected chi connectivity index (χ2v) is 7.91. The van der Waals surface area contributed by atoms with Crippen LogP contribution in [0.15, 0.2) is 48.7 Å². The molecule has 4 rings (SSSR count). The van der Waals surface area contributed by atoms with Gasteiger partial charge in [0.1, 0.15) is 11.6 Å². The molecule has 1 fully saturated rings. The third-order valence-corrected chi connectivity index (χ3v) is 5.57. The zero-order valence-electron chi connectivity index (χ0n) is 17.9. The molecule has 1 N–H and O–H groups in total. The first kappa shape index (κ1) is 21.1. The second kappa shape index (κ2) is 9.77. The number of anilines is 1. The summed E-state index contributed by atoms with van der Waals surface area (Å²) in [5.74, 6) is 0.435. The van der Waals surface area contributed by atoms with Gasteiger partial charge in [-0.2, -0.15) is 0 Å². The lowest BCUT2D eigenvalue weighted by molar-refractivity contribution is 0.0725. The number of rotatable bonds is 7. The van der Waals surface area contributed by atoms with E-state index in [1.807, 2.05) is 29.2 Å². The normalized spacial score (nSPS) is 13.9. The van der Waals surface area contributed by atoms with E-state index in [-0.39, 0.29) is 11.7 Å². The van der Waals surface area contributed by atoms with Gasteiger partial charge in [-0.25, -0.2) is 4.39 Å². The van der Waals surface area contributed by atoms with Crippen molar-refractivity contribution in [1.29, 1.82) is 0 Å². The minimum absolute atomic E-state index is 0.0517. The van der Waals surface area contributed by atoms with E-state index in [1.165, 1.54) is 12.1 Å². The fraction of sp³-hybridized carbons (Fsp3) is 0.360. The van der Waals surface area contributed by atoms with Crippen molar-refractivity contribution >= 4 is 22.5 Å². The molecule has 1 aromatic heterocycles. The number of carbonyl (C=O) groups excluding carboxylic acids is 1. The van der Waals surface area contributed by atoms with E-state index in [4.69, 9.17) is 4.74 Å². The molecular weight excluding hydrogens is 393 g/mol. The molecule has 1 amide bonds. The predicted molar refractivity (Wildman–Crippen MR) is 121 cm³/mol. The van der Waals surface area contributed by atoms with Crippen LogP contribution in [-0.4, -0.2) is 35.5 Å². The third kappa shape index (κ3) is 4.95. The lowest BCUT2D eigenvalue weighted by Crippen LogP contribution is -2.36. The number of pyridine rings is 1. The second-order valence-electron chi connectivity index (χ2n) is 7.91. The molecule has 0 saturated carbocycles. The smallest absolute Gasteiger partial charge is 0.257 e. The van der Waals surface area contributed by atoms with Crippen LogP contribution in [0.2, 0.25) is 0 Å². The van der Waals surface area contributed by atoms with Crippen molar-refractivity contribution in [2.24, 2.45) is 0 Å². The Labute approximate surface area is 182 Å². The summed E-state index contributed by atoms with van der Waals surface area (Å²) < 4.78 is 19.7. The highest BCUT2D eigenvalue weighted by Gasteiger charge is 2.23. The Morgan fingerprint density at radius 3 is 2.65 bits per heavy atom. The Morgan fingerprint density at radius 1 is 1.13 bits per heavy atom. The van der Waals surface area contributed by atoms with Gasteiger partial charge in [0.2, 0.25) is 0 Å². The minimum Gasteiger partial charge on any atom is -0.494 e. The van der Waals surface area contributed by atoms with Gasteiger partial charge in [-0.3, -0.25) is 9.78 Å². The fourth-order valence-electron chi connectivity index (χ4n) is 3.90. The van der Waals surface area contributed by atoms with Crippen LogP contribution >= 0.6 is 0 Å². The third-order valence-electron chi connectivity index (χ3n) is 5.57. The van der Waals surface area contributed by atoms with E-state index in [9.17, 15) is 9.18 Å². The number of hydrogen-bond acceptors (Lipinski definition) is 4. The molecule has 31 heavy (non-hydrogen) atoms. The van der Waals surface area contributed by atoms with Crippen LogP contribution in [0.25, 0.3) is 10.9 Å². The number of aromatic nitrogens is 1. The number of likely N-dealkylation sites (tertiary alicyclic amines) is 1. The fourth-order valence-corrected chi connectivity index (χ4v) is 3.90. The van der Waals surface area contributed by atoms with Gasteiger partial charge < -0.3 is 15.0 Å². The molecule has 0 atom stereocenters. The van der Waals surface area contributed by atoms with E-state index in [0.717, 1.165) is 50.1 Å². The first-order chi connectivity index (χ1) is 15.2. The molecule has 1 aliphatic heterocycles. The number of piperidine rings is 1. The van der Waals surface area contributed by atoms with Gasteiger partial charge in [0, 0.05) is 31.2 Å². The molecule has 0 aliphatic carbocycles. The first-order valence-corrected chi connectivity index (χ1v) is 11.0. The van der Waals surface area contributed by atoms with Crippen molar-refractivity contribution in [2.75, 3.05) is 25.0 Å². The Kier molecular flexibility index (Phi) is 6.65. The molecule has 2 heterocycles. The monoisotopic (exact) mass is 421 g/mol. The number of carbonyl (C=O) groups is 1. The molecule has 3 aromatic rings. The topological polar surface area (TPSA) is 54.5 Å². The van der Waals surface area contributed by atoms with E-state index in [2.05, 4.69) is 17.2 Å². The summed E-state index contributed by atoms with van der Waals surface area (Å²) in [5.41, 5.74) is 2.82. The van der Waals surface area contributed by atoms with E-state index >= 15 is 0 Å². The van der Waals surface area contributed by atoms with Crippen LogP contribution in [-0.2, 0) is 6.54 Å². The highest BCUT2D eigenvalue weighted by atomic mass is 19.1. The van der Waals surface area contributed by atoms with Gasteiger partial charge >= 0.3 is 0 Å². The number of nitrogens with one attached hydrogen (secondary N) is 1. The zero-order valence-corrected chi connectivity index (χ0v) is 17.9. The Morgan fingerprint density at radius 2 is 1.90 bits per heavy atom. The molecule has 162 valence electrons. The Bertz CT molecular complexity index is 1050. The molecule has 0 radical (unpaired) electrons. The zero-order chi connectivity index (χ0) is 21.6.